The Balaban J connectivity index is 1.50. The summed E-state index contributed by atoms with van der Waals surface area (Å²) in [4.78, 5) is 29.9. The number of nitrogens with one attached hydrogen (secondary N) is 2. The molecule has 180 valence electrons. The van der Waals surface area contributed by atoms with Gasteiger partial charge in [-0.15, -0.1) is 0 Å². The van der Waals surface area contributed by atoms with Crippen molar-refractivity contribution >= 4 is 29.1 Å². The van der Waals surface area contributed by atoms with Crippen LogP contribution in [-0.4, -0.2) is 45.5 Å². The number of hydrogen-bond acceptors (Lipinski definition) is 4. The number of halogens is 1. The molecule has 2 amide bonds. The molecule has 1 saturated carbocycles. The van der Waals surface area contributed by atoms with Crippen LogP contribution in [0.2, 0.25) is 5.02 Å². The summed E-state index contributed by atoms with van der Waals surface area (Å²) in [6, 6.07) is 13.3. The molecule has 34 heavy (non-hydrogen) atoms. The van der Waals surface area contributed by atoms with Crippen LogP contribution in [0.1, 0.15) is 60.8 Å². The Morgan fingerprint density at radius 2 is 1.85 bits per heavy atom. The number of rotatable bonds is 8. The number of carbonyl (C=O) groups is 2. The van der Waals surface area contributed by atoms with Crippen molar-refractivity contribution in [1.82, 2.24) is 20.0 Å². The first kappa shape index (κ1) is 24.2. The van der Waals surface area contributed by atoms with Gasteiger partial charge in [0.2, 0.25) is 5.91 Å². The molecule has 0 saturated heterocycles. The van der Waals surface area contributed by atoms with E-state index >= 15 is 0 Å². The molecule has 2 heterocycles. The van der Waals surface area contributed by atoms with Crippen molar-refractivity contribution in [3.05, 3.63) is 70.6 Å². The van der Waals surface area contributed by atoms with E-state index in [1.165, 1.54) is 12.0 Å². The molecule has 4 rings (SSSR count). The molecule has 1 aliphatic carbocycles. The molecular formula is C26H31ClN4O3. The van der Waals surface area contributed by atoms with Gasteiger partial charge in [0.05, 0.1) is 18.2 Å². The first-order valence-corrected chi connectivity index (χ1v) is 12.2. The highest BCUT2D eigenvalue weighted by atomic mass is 35.5. The molecular weight excluding hydrogens is 452 g/mol. The van der Waals surface area contributed by atoms with Crippen molar-refractivity contribution < 1.29 is 14.7 Å². The lowest BCUT2D eigenvalue weighted by Gasteiger charge is -2.38. The molecule has 7 nitrogen and oxygen atoms in total. The largest absolute Gasteiger partial charge is 0.392 e. The third kappa shape index (κ3) is 5.59. The third-order valence-electron chi connectivity index (χ3n) is 6.57. The summed E-state index contributed by atoms with van der Waals surface area (Å²) < 4.78 is 1.72. The molecule has 0 radical (unpaired) electrons. The summed E-state index contributed by atoms with van der Waals surface area (Å²) in [6.45, 7) is 2.35. The Bertz CT molecular complexity index is 1150. The Hall–Kier alpha value is -2.90. The summed E-state index contributed by atoms with van der Waals surface area (Å²) in [5.74, 6) is -0.399. The number of carbonyl (C=O) groups excluding carboxylic acids is 2. The lowest BCUT2D eigenvalue weighted by Crippen LogP contribution is -2.42. The van der Waals surface area contributed by atoms with Gasteiger partial charge in [-0.25, -0.2) is 4.98 Å². The van der Waals surface area contributed by atoms with E-state index in [0.717, 1.165) is 25.7 Å². The number of fused-ring (bicyclic) bond motifs is 1. The maximum atomic E-state index is 13.2. The van der Waals surface area contributed by atoms with Crippen molar-refractivity contribution in [1.29, 1.82) is 0 Å². The van der Waals surface area contributed by atoms with Gasteiger partial charge in [-0.1, -0.05) is 49.1 Å². The van der Waals surface area contributed by atoms with Gasteiger partial charge >= 0.3 is 0 Å². The highest BCUT2D eigenvalue weighted by Gasteiger charge is 2.34. The molecule has 8 heteroatoms. The van der Waals surface area contributed by atoms with Gasteiger partial charge in [0.25, 0.3) is 5.91 Å². The Labute approximate surface area is 204 Å². The molecule has 1 unspecified atom stereocenters. The predicted molar refractivity (Wildman–Crippen MR) is 132 cm³/mol. The van der Waals surface area contributed by atoms with Gasteiger partial charge in [-0.05, 0) is 49.6 Å². The maximum Gasteiger partial charge on any atom is 0.268 e. The summed E-state index contributed by atoms with van der Waals surface area (Å²) in [5.41, 5.74) is 2.75. The van der Waals surface area contributed by atoms with E-state index in [1.54, 1.807) is 29.7 Å². The monoisotopic (exact) mass is 482 g/mol. The molecule has 3 aromatic rings. The first-order valence-electron chi connectivity index (χ1n) is 11.8. The highest BCUT2D eigenvalue weighted by molar-refractivity contribution is 6.30. The minimum absolute atomic E-state index is 0.0785. The lowest BCUT2D eigenvalue weighted by molar-refractivity contribution is -0.120. The second-order valence-corrected chi connectivity index (χ2v) is 9.67. The van der Waals surface area contributed by atoms with Gasteiger partial charge in [0, 0.05) is 29.7 Å². The minimum Gasteiger partial charge on any atom is -0.392 e. The number of amides is 2. The molecule has 0 aliphatic heterocycles. The van der Waals surface area contributed by atoms with Gasteiger partial charge in [-0.2, -0.15) is 0 Å². The molecule has 3 N–H and O–H groups in total. The van der Waals surface area contributed by atoms with Gasteiger partial charge in [0.15, 0.2) is 0 Å². The van der Waals surface area contributed by atoms with E-state index in [1.807, 2.05) is 18.2 Å². The number of aliphatic hydroxyl groups excluding tert-OH is 1. The van der Waals surface area contributed by atoms with Crippen molar-refractivity contribution in [3.63, 3.8) is 0 Å². The molecule has 0 spiro atoms. The summed E-state index contributed by atoms with van der Waals surface area (Å²) >= 11 is 6.11. The van der Waals surface area contributed by atoms with Gasteiger partial charge < -0.3 is 15.7 Å². The Morgan fingerprint density at radius 1 is 1.12 bits per heavy atom. The van der Waals surface area contributed by atoms with Gasteiger partial charge in [-0.3, -0.25) is 14.0 Å². The number of imidazole rings is 1. The lowest BCUT2D eigenvalue weighted by atomic mass is 9.69. The Morgan fingerprint density at radius 3 is 2.56 bits per heavy atom. The second-order valence-electron chi connectivity index (χ2n) is 9.23. The van der Waals surface area contributed by atoms with E-state index in [-0.39, 0.29) is 30.2 Å². The first-order chi connectivity index (χ1) is 16.4. The van der Waals surface area contributed by atoms with Crippen LogP contribution in [-0.2, 0) is 16.6 Å². The molecule has 1 aromatic carbocycles. The van der Waals surface area contributed by atoms with E-state index in [2.05, 4.69) is 27.8 Å². The number of hydrogen-bond donors (Lipinski definition) is 3. The van der Waals surface area contributed by atoms with E-state index in [0.29, 0.717) is 28.6 Å². The van der Waals surface area contributed by atoms with Crippen LogP contribution in [0.4, 0.5) is 0 Å². The van der Waals surface area contributed by atoms with E-state index in [4.69, 9.17) is 11.6 Å². The third-order valence-corrected chi connectivity index (χ3v) is 6.82. The fourth-order valence-electron chi connectivity index (χ4n) is 4.76. The molecule has 1 aliphatic rings. The van der Waals surface area contributed by atoms with Crippen molar-refractivity contribution in [3.8, 4) is 0 Å². The fourth-order valence-corrected chi connectivity index (χ4v) is 4.89. The summed E-state index contributed by atoms with van der Waals surface area (Å²) in [6.07, 6.45) is 6.72. The van der Waals surface area contributed by atoms with Crippen LogP contribution >= 0.6 is 11.6 Å². The van der Waals surface area contributed by atoms with Crippen LogP contribution in [0.3, 0.4) is 0 Å². The standard InChI is InChI=1S/C26H31ClN4O3/c1-18(32)15-28-24(33)14-21-16-31-22(6-5-7-23(31)30-21)25(34)29-17-26(12-3-2-4-13-26)19-8-10-20(27)11-9-19/h5-11,16,18,32H,2-4,12-15,17H2,1H3,(H,28,33)(H,29,34). The molecule has 1 atom stereocenters. The Kier molecular flexibility index (Phi) is 7.54. The number of pyridine rings is 1. The quantitative estimate of drug-likeness (QED) is 0.456. The van der Waals surface area contributed by atoms with Crippen LogP contribution in [0.15, 0.2) is 48.7 Å². The highest BCUT2D eigenvalue weighted by Crippen LogP contribution is 2.39. The van der Waals surface area contributed by atoms with Crippen LogP contribution in [0.5, 0.6) is 0 Å². The molecule has 0 bridgehead atoms. The van der Waals surface area contributed by atoms with Crippen molar-refractivity contribution in [2.45, 2.75) is 57.0 Å². The smallest absolute Gasteiger partial charge is 0.268 e. The average Bonchev–Trinajstić information content (AvgIpc) is 3.24. The number of aliphatic hydroxyl groups is 1. The normalized spacial score (nSPS) is 16.2. The molecule has 1 fully saturated rings. The summed E-state index contributed by atoms with van der Waals surface area (Å²) in [7, 11) is 0. The van der Waals surface area contributed by atoms with Crippen LogP contribution in [0, 0.1) is 0 Å². The van der Waals surface area contributed by atoms with E-state index in [9.17, 15) is 14.7 Å². The number of benzene rings is 1. The molecule has 2 aromatic heterocycles. The number of aromatic nitrogens is 2. The fraction of sp³-hybridized carbons (Fsp3) is 0.423. The minimum atomic E-state index is -0.611. The SMILES string of the molecule is CC(O)CNC(=O)Cc1cn2c(C(=O)NCC3(c4ccc(Cl)cc4)CCCCC3)cccc2n1. The average molecular weight is 483 g/mol. The maximum absolute atomic E-state index is 13.2. The van der Waals surface area contributed by atoms with Crippen molar-refractivity contribution in [2.75, 3.05) is 13.1 Å². The number of nitrogens with zero attached hydrogens (tertiary/aromatic N) is 2. The zero-order chi connectivity index (χ0) is 24.1. The predicted octanol–water partition coefficient (Wildman–Crippen LogP) is 3.66. The topological polar surface area (TPSA) is 95.7 Å². The van der Waals surface area contributed by atoms with E-state index < -0.39 is 6.10 Å². The van der Waals surface area contributed by atoms with Crippen LogP contribution in [0.25, 0.3) is 5.65 Å². The zero-order valence-electron chi connectivity index (χ0n) is 19.4. The van der Waals surface area contributed by atoms with Crippen LogP contribution < -0.4 is 10.6 Å². The second kappa shape index (κ2) is 10.6. The summed E-state index contributed by atoms with van der Waals surface area (Å²) in [5, 5.41) is 15.9. The van der Waals surface area contributed by atoms with Gasteiger partial charge in [0.1, 0.15) is 11.3 Å². The zero-order valence-corrected chi connectivity index (χ0v) is 20.1. The van der Waals surface area contributed by atoms with Crippen molar-refractivity contribution in [2.24, 2.45) is 0 Å².